The molecule has 0 aliphatic carbocycles. The Morgan fingerprint density at radius 2 is 1.69 bits per heavy atom. The van der Waals surface area contributed by atoms with Gasteiger partial charge < -0.3 is 0 Å². The lowest BCUT2D eigenvalue weighted by molar-refractivity contribution is 0.628. The van der Waals surface area contributed by atoms with Crippen LogP contribution in [0.3, 0.4) is 0 Å². The Labute approximate surface area is 82.2 Å². The topological polar surface area (TPSA) is 24.7 Å². The fourth-order valence-electron chi connectivity index (χ4n) is 1.17. The molecule has 0 amide bonds. The maximum atomic E-state index is 4.27. The Kier molecular flexibility index (Phi) is 7.62. The molecule has 0 bridgehead atoms. The van der Waals surface area contributed by atoms with Crippen LogP contribution in [0.15, 0.2) is 9.98 Å². The van der Waals surface area contributed by atoms with E-state index in [0.717, 1.165) is 19.3 Å². The number of hydrogen-bond donors (Lipinski definition) is 0. The van der Waals surface area contributed by atoms with Crippen LogP contribution in [0.1, 0.15) is 53.4 Å². The molecular formula is C11H22N2. The minimum atomic E-state index is 0.378. The van der Waals surface area contributed by atoms with Crippen molar-refractivity contribution in [1.29, 1.82) is 0 Å². The Morgan fingerprint density at radius 3 is 2.15 bits per heavy atom. The van der Waals surface area contributed by atoms with Gasteiger partial charge in [0.15, 0.2) is 0 Å². The molecule has 1 atom stereocenters. The van der Waals surface area contributed by atoms with Gasteiger partial charge in [0, 0.05) is 0 Å². The van der Waals surface area contributed by atoms with Gasteiger partial charge in [-0.1, -0.05) is 27.2 Å². The summed E-state index contributed by atoms with van der Waals surface area (Å²) in [5.74, 6) is 0. The first kappa shape index (κ1) is 12.4. The van der Waals surface area contributed by atoms with Crippen molar-refractivity contribution in [2.45, 2.75) is 65.5 Å². The first-order valence-corrected chi connectivity index (χ1v) is 5.39. The molecule has 0 fully saturated rings. The minimum Gasteiger partial charge on any atom is -0.223 e. The molecule has 0 N–H and O–H groups in total. The molecule has 0 heterocycles. The van der Waals surface area contributed by atoms with Crippen molar-refractivity contribution in [3.05, 3.63) is 0 Å². The van der Waals surface area contributed by atoms with Crippen LogP contribution in [0.25, 0.3) is 0 Å². The van der Waals surface area contributed by atoms with Crippen LogP contribution in [0.4, 0.5) is 0 Å². The predicted octanol–water partition coefficient (Wildman–Crippen LogP) is 3.54. The quantitative estimate of drug-likeness (QED) is 0.561. The highest BCUT2D eigenvalue weighted by atomic mass is 14.9. The average molecular weight is 182 g/mol. The van der Waals surface area contributed by atoms with Crippen LogP contribution in [0.5, 0.6) is 0 Å². The van der Waals surface area contributed by atoms with E-state index in [1.165, 1.54) is 6.42 Å². The van der Waals surface area contributed by atoms with Crippen molar-refractivity contribution in [3.8, 4) is 0 Å². The summed E-state index contributed by atoms with van der Waals surface area (Å²) in [5.41, 5.74) is 0. The fourth-order valence-corrected chi connectivity index (χ4v) is 1.17. The average Bonchev–Trinajstić information content (AvgIpc) is 2.13. The van der Waals surface area contributed by atoms with Crippen molar-refractivity contribution in [3.63, 3.8) is 0 Å². The van der Waals surface area contributed by atoms with Gasteiger partial charge >= 0.3 is 0 Å². The van der Waals surface area contributed by atoms with Gasteiger partial charge in [0.25, 0.3) is 0 Å². The smallest absolute Gasteiger partial charge is 0.0898 e. The van der Waals surface area contributed by atoms with Gasteiger partial charge in [-0.15, -0.1) is 0 Å². The largest absolute Gasteiger partial charge is 0.223 e. The lowest BCUT2D eigenvalue weighted by atomic mass is 10.2. The number of hydrogen-bond acceptors (Lipinski definition) is 2. The summed E-state index contributed by atoms with van der Waals surface area (Å²) < 4.78 is 0. The van der Waals surface area contributed by atoms with E-state index in [1.54, 1.807) is 0 Å². The van der Waals surface area contributed by atoms with E-state index < -0.39 is 0 Å². The Morgan fingerprint density at radius 1 is 1.08 bits per heavy atom. The highest BCUT2D eigenvalue weighted by Crippen LogP contribution is 2.01. The molecule has 0 saturated heterocycles. The molecular weight excluding hydrogens is 160 g/mol. The predicted molar refractivity (Wildman–Crippen MR) is 58.6 cm³/mol. The second kappa shape index (κ2) is 8.00. The van der Waals surface area contributed by atoms with Crippen LogP contribution < -0.4 is 0 Å². The summed E-state index contributed by atoms with van der Waals surface area (Å²) in [7, 11) is 0. The molecule has 13 heavy (non-hydrogen) atoms. The number of nitrogens with zero attached hydrogens (tertiary/aromatic N) is 2. The van der Waals surface area contributed by atoms with Gasteiger partial charge in [0.2, 0.25) is 0 Å². The van der Waals surface area contributed by atoms with E-state index in [0.29, 0.717) is 12.1 Å². The van der Waals surface area contributed by atoms with Gasteiger partial charge in [-0.05, 0) is 26.2 Å². The summed E-state index contributed by atoms with van der Waals surface area (Å²) >= 11 is 0. The maximum Gasteiger partial charge on any atom is 0.0898 e. The molecule has 2 nitrogen and oxygen atoms in total. The van der Waals surface area contributed by atoms with Crippen molar-refractivity contribution in [1.82, 2.24) is 0 Å². The molecule has 0 aromatic rings. The third-order valence-electron chi connectivity index (χ3n) is 2.17. The molecule has 1 unspecified atom stereocenters. The third-order valence-corrected chi connectivity index (χ3v) is 2.17. The Hall–Kier alpha value is -0.620. The molecule has 0 saturated carbocycles. The molecule has 2 heteroatoms. The molecule has 76 valence electrons. The van der Waals surface area contributed by atoms with E-state index >= 15 is 0 Å². The second-order valence-electron chi connectivity index (χ2n) is 3.47. The zero-order valence-corrected chi connectivity index (χ0v) is 9.38. The second-order valence-corrected chi connectivity index (χ2v) is 3.47. The van der Waals surface area contributed by atoms with Gasteiger partial charge in [-0.2, -0.15) is 0 Å². The molecule has 0 aliphatic heterocycles. The maximum absolute atomic E-state index is 4.27. The highest BCUT2D eigenvalue weighted by Gasteiger charge is 1.97. The molecule has 0 aliphatic rings. The zero-order chi connectivity index (χ0) is 10.1. The van der Waals surface area contributed by atoms with Crippen molar-refractivity contribution < 1.29 is 0 Å². The number of rotatable bonds is 6. The Balaban J connectivity index is 3.91. The highest BCUT2D eigenvalue weighted by molar-refractivity contribution is 5.41. The monoisotopic (exact) mass is 182 g/mol. The standard InChI is InChI=1S/C11H22N2/c1-5-8-10(4)12-9-13-11(6-2)7-3/h10-11H,5-8H2,1-4H3. The Bertz CT molecular complexity index is 165. The lowest BCUT2D eigenvalue weighted by Gasteiger charge is -2.02. The van der Waals surface area contributed by atoms with Gasteiger partial charge in [0.1, 0.15) is 0 Å². The molecule has 0 aromatic carbocycles. The van der Waals surface area contributed by atoms with E-state index in [9.17, 15) is 0 Å². The summed E-state index contributed by atoms with van der Waals surface area (Å²) in [4.78, 5) is 8.50. The zero-order valence-electron chi connectivity index (χ0n) is 9.38. The summed E-state index contributed by atoms with van der Waals surface area (Å²) in [6, 6.07) is 3.61. The van der Waals surface area contributed by atoms with E-state index in [1.807, 2.05) is 0 Å². The molecule has 0 aromatic heterocycles. The first-order valence-electron chi connectivity index (χ1n) is 5.39. The lowest BCUT2D eigenvalue weighted by Crippen LogP contribution is -1.99. The summed E-state index contributed by atoms with van der Waals surface area (Å²) in [6.45, 7) is 8.58. The third kappa shape index (κ3) is 6.53. The molecule has 0 radical (unpaired) electrons. The normalized spacial score (nSPS) is 12.4. The van der Waals surface area contributed by atoms with Crippen LogP contribution >= 0.6 is 0 Å². The molecule has 0 spiro atoms. The van der Waals surface area contributed by atoms with Crippen molar-refractivity contribution in [2.75, 3.05) is 0 Å². The first-order chi connectivity index (χ1) is 6.24. The SMILES string of the molecule is CCCC(C)N=C=NC(CC)CC. The van der Waals surface area contributed by atoms with Crippen molar-refractivity contribution in [2.24, 2.45) is 9.98 Å². The van der Waals surface area contributed by atoms with E-state index in [-0.39, 0.29) is 0 Å². The van der Waals surface area contributed by atoms with Crippen LogP contribution in [0, 0.1) is 0 Å². The van der Waals surface area contributed by atoms with Crippen LogP contribution in [-0.2, 0) is 0 Å². The number of aliphatic imine (C=N–C) groups is 2. The molecule has 0 rings (SSSR count). The van der Waals surface area contributed by atoms with Gasteiger partial charge in [0.05, 0.1) is 18.1 Å². The van der Waals surface area contributed by atoms with Crippen LogP contribution in [0.2, 0.25) is 0 Å². The van der Waals surface area contributed by atoms with Gasteiger partial charge in [-0.3, -0.25) is 0 Å². The van der Waals surface area contributed by atoms with Gasteiger partial charge in [-0.25, -0.2) is 9.98 Å². The fraction of sp³-hybridized carbons (Fsp3) is 0.909. The van der Waals surface area contributed by atoms with E-state index in [4.69, 9.17) is 0 Å². The summed E-state index contributed by atoms with van der Waals surface area (Å²) in [5, 5.41) is 0. The minimum absolute atomic E-state index is 0.378. The van der Waals surface area contributed by atoms with Crippen molar-refractivity contribution >= 4 is 6.01 Å². The van der Waals surface area contributed by atoms with Crippen LogP contribution in [-0.4, -0.2) is 18.1 Å². The summed E-state index contributed by atoms with van der Waals surface area (Å²) in [6.07, 6.45) is 4.48. The van der Waals surface area contributed by atoms with E-state index in [2.05, 4.69) is 43.7 Å².